The van der Waals surface area contributed by atoms with Gasteiger partial charge in [0.25, 0.3) is 0 Å². The van der Waals surface area contributed by atoms with Crippen molar-refractivity contribution in [3.63, 3.8) is 0 Å². The molecule has 0 aromatic heterocycles. The van der Waals surface area contributed by atoms with Crippen LogP contribution in [0.5, 0.6) is 0 Å². The third-order valence-electron chi connectivity index (χ3n) is 2.63. The Balaban J connectivity index is 2.72. The van der Waals surface area contributed by atoms with E-state index < -0.39 is 5.54 Å². The van der Waals surface area contributed by atoms with Crippen molar-refractivity contribution in [1.82, 2.24) is 5.32 Å². The third kappa shape index (κ3) is 4.25. The van der Waals surface area contributed by atoms with Gasteiger partial charge >= 0.3 is 0 Å². The second-order valence-electron chi connectivity index (χ2n) is 4.12. The molecule has 0 heterocycles. The quantitative estimate of drug-likeness (QED) is 0.806. The molecule has 0 fully saturated rings. The Bertz CT molecular complexity index is 358. The van der Waals surface area contributed by atoms with E-state index in [1.54, 1.807) is 11.8 Å². The van der Waals surface area contributed by atoms with Crippen LogP contribution in [0.3, 0.4) is 0 Å². The van der Waals surface area contributed by atoms with Crippen LogP contribution in [0.2, 0.25) is 0 Å². The van der Waals surface area contributed by atoms with Crippen LogP contribution in [0, 0.1) is 0 Å². The Kier molecular flexibility index (Phi) is 5.86. The molecule has 1 aromatic rings. The van der Waals surface area contributed by atoms with E-state index in [9.17, 15) is 4.79 Å². The van der Waals surface area contributed by atoms with Crippen LogP contribution in [0.4, 0.5) is 0 Å². The molecule has 4 heteroatoms. The van der Waals surface area contributed by atoms with Gasteiger partial charge in [0.15, 0.2) is 0 Å². The van der Waals surface area contributed by atoms with Gasteiger partial charge in [-0.3, -0.25) is 4.79 Å². The summed E-state index contributed by atoms with van der Waals surface area (Å²) in [6.07, 6.45) is 2.52. The number of hydrogen-bond donors (Lipinski definition) is 1. The van der Waals surface area contributed by atoms with E-state index in [4.69, 9.17) is 11.6 Å². The fourth-order valence-corrected chi connectivity index (χ4v) is 2.16. The molecule has 2 nitrogen and oxygen atoms in total. The monoisotopic (exact) mass is 271 g/mol. The first-order valence-corrected chi connectivity index (χ1v) is 7.46. The van der Waals surface area contributed by atoms with Gasteiger partial charge in [-0.05, 0) is 18.7 Å². The smallest absolute Gasteiger partial charge is 0.221 e. The van der Waals surface area contributed by atoms with Crippen LogP contribution in [0.25, 0.3) is 0 Å². The zero-order valence-corrected chi connectivity index (χ0v) is 11.8. The maximum atomic E-state index is 11.8. The average molecular weight is 272 g/mol. The van der Waals surface area contributed by atoms with E-state index in [0.29, 0.717) is 12.3 Å². The number of alkyl halides is 1. The second kappa shape index (κ2) is 6.92. The highest BCUT2D eigenvalue weighted by Gasteiger charge is 2.27. The van der Waals surface area contributed by atoms with Crippen LogP contribution >= 0.6 is 23.4 Å². The minimum absolute atomic E-state index is 0.0475. The van der Waals surface area contributed by atoms with Crippen molar-refractivity contribution in [3.05, 3.63) is 35.9 Å². The Labute approximate surface area is 112 Å². The van der Waals surface area contributed by atoms with Crippen LogP contribution in [-0.2, 0) is 10.3 Å². The van der Waals surface area contributed by atoms with Gasteiger partial charge in [0.2, 0.25) is 5.91 Å². The number of halogens is 1. The van der Waals surface area contributed by atoms with Gasteiger partial charge in [-0.2, -0.15) is 11.8 Å². The van der Waals surface area contributed by atoms with E-state index in [1.165, 1.54) is 0 Å². The molecule has 94 valence electrons. The molecular weight excluding hydrogens is 254 g/mol. The predicted molar refractivity (Wildman–Crippen MR) is 75.7 cm³/mol. The van der Waals surface area contributed by atoms with Crippen molar-refractivity contribution in [3.8, 4) is 0 Å². The number of amides is 1. The summed E-state index contributed by atoms with van der Waals surface area (Å²) in [4.78, 5) is 11.8. The molecule has 1 amide bonds. The zero-order valence-electron chi connectivity index (χ0n) is 10.2. The molecule has 0 aliphatic heterocycles. The van der Waals surface area contributed by atoms with Crippen LogP contribution in [-0.4, -0.2) is 23.8 Å². The Hall–Kier alpha value is -0.670. The number of rotatable bonds is 6. The third-order valence-corrected chi connectivity index (χ3v) is 3.77. The lowest BCUT2D eigenvalue weighted by atomic mass is 9.94. The molecule has 0 aliphatic carbocycles. The van der Waals surface area contributed by atoms with E-state index in [0.717, 1.165) is 11.3 Å². The summed E-state index contributed by atoms with van der Waals surface area (Å²) in [7, 11) is 0. The summed E-state index contributed by atoms with van der Waals surface area (Å²) in [5, 5.41) is 3.01. The number of carbonyl (C=O) groups is 1. The summed E-state index contributed by atoms with van der Waals surface area (Å²) < 4.78 is 0. The first kappa shape index (κ1) is 14.4. The first-order chi connectivity index (χ1) is 8.12. The molecule has 1 rings (SSSR count). The standard InChI is InChI=1S/C13H18ClNOS/c1-13(10-14,11-6-4-3-5-7-11)15-12(16)8-9-17-2/h3-7H,8-10H2,1-2H3,(H,15,16). The molecule has 0 saturated carbocycles. The number of benzene rings is 1. The van der Waals surface area contributed by atoms with Crippen LogP contribution in [0.1, 0.15) is 18.9 Å². The number of hydrogen-bond acceptors (Lipinski definition) is 2. The number of thioether (sulfide) groups is 1. The van der Waals surface area contributed by atoms with Crippen molar-refractivity contribution in [2.75, 3.05) is 17.9 Å². The molecule has 17 heavy (non-hydrogen) atoms. The van der Waals surface area contributed by atoms with E-state index in [-0.39, 0.29) is 5.91 Å². The minimum Gasteiger partial charge on any atom is -0.346 e. The van der Waals surface area contributed by atoms with Gasteiger partial charge < -0.3 is 5.32 Å². The molecule has 1 N–H and O–H groups in total. The summed E-state index contributed by atoms with van der Waals surface area (Å²) in [5.41, 5.74) is 0.547. The van der Waals surface area contributed by atoms with Gasteiger partial charge in [0.1, 0.15) is 0 Å². The van der Waals surface area contributed by atoms with Crippen LogP contribution in [0.15, 0.2) is 30.3 Å². The van der Waals surface area contributed by atoms with Gasteiger partial charge in [0.05, 0.1) is 5.54 Å². The molecule has 0 radical (unpaired) electrons. The van der Waals surface area contributed by atoms with E-state index >= 15 is 0 Å². The second-order valence-corrected chi connectivity index (χ2v) is 5.38. The highest BCUT2D eigenvalue weighted by molar-refractivity contribution is 7.98. The molecule has 0 aliphatic rings. The van der Waals surface area contributed by atoms with Crippen molar-refractivity contribution in [1.29, 1.82) is 0 Å². The zero-order chi connectivity index (χ0) is 12.7. The maximum Gasteiger partial charge on any atom is 0.221 e. The van der Waals surface area contributed by atoms with Crippen molar-refractivity contribution >= 4 is 29.3 Å². The lowest BCUT2D eigenvalue weighted by Crippen LogP contribution is -2.45. The molecule has 0 saturated heterocycles. The molecule has 0 bridgehead atoms. The maximum absolute atomic E-state index is 11.8. The predicted octanol–water partition coefficient (Wildman–Crippen LogP) is 3.01. The molecule has 1 unspecified atom stereocenters. The Morgan fingerprint density at radius 2 is 2.06 bits per heavy atom. The summed E-state index contributed by atoms with van der Waals surface area (Å²) in [6.45, 7) is 1.95. The fraction of sp³-hybridized carbons (Fsp3) is 0.462. The van der Waals surface area contributed by atoms with Gasteiger partial charge in [0, 0.05) is 18.1 Å². The minimum atomic E-state index is -0.488. The highest BCUT2D eigenvalue weighted by Crippen LogP contribution is 2.22. The molecule has 1 aromatic carbocycles. The lowest BCUT2D eigenvalue weighted by Gasteiger charge is -2.29. The van der Waals surface area contributed by atoms with E-state index in [1.807, 2.05) is 43.5 Å². The molecular formula is C13H18ClNOS. The van der Waals surface area contributed by atoms with Crippen molar-refractivity contribution < 1.29 is 4.79 Å². The lowest BCUT2D eigenvalue weighted by molar-refractivity contribution is -0.122. The highest BCUT2D eigenvalue weighted by atomic mass is 35.5. The van der Waals surface area contributed by atoms with Crippen molar-refractivity contribution in [2.45, 2.75) is 18.9 Å². The summed E-state index contributed by atoms with van der Waals surface area (Å²) in [5.74, 6) is 1.24. The first-order valence-electron chi connectivity index (χ1n) is 5.54. The number of carbonyl (C=O) groups excluding carboxylic acids is 1. The van der Waals surface area contributed by atoms with Crippen molar-refractivity contribution in [2.24, 2.45) is 0 Å². The van der Waals surface area contributed by atoms with Gasteiger partial charge in [-0.25, -0.2) is 0 Å². The Morgan fingerprint density at radius 1 is 1.41 bits per heavy atom. The molecule has 0 spiro atoms. The Morgan fingerprint density at radius 3 is 2.59 bits per heavy atom. The number of nitrogens with one attached hydrogen (secondary N) is 1. The summed E-state index contributed by atoms with van der Waals surface area (Å²) >= 11 is 7.67. The normalized spacial score (nSPS) is 14.1. The van der Waals surface area contributed by atoms with Crippen LogP contribution < -0.4 is 5.32 Å². The molecule has 1 atom stereocenters. The largest absolute Gasteiger partial charge is 0.346 e. The topological polar surface area (TPSA) is 29.1 Å². The summed E-state index contributed by atoms with van der Waals surface area (Å²) in [6, 6.07) is 9.82. The average Bonchev–Trinajstić information content (AvgIpc) is 2.37. The van der Waals surface area contributed by atoms with Gasteiger partial charge in [-0.1, -0.05) is 30.3 Å². The van der Waals surface area contributed by atoms with E-state index in [2.05, 4.69) is 5.32 Å². The fourth-order valence-electron chi connectivity index (χ4n) is 1.55. The van der Waals surface area contributed by atoms with Gasteiger partial charge in [-0.15, -0.1) is 11.6 Å². The SMILES string of the molecule is CSCCC(=O)NC(C)(CCl)c1ccccc1.